The summed E-state index contributed by atoms with van der Waals surface area (Å²) in [5.74, 6) is -0.266. The van der Waals surface area contributed by atoms with E-state index in [1.165, 1.54) is 12.5 Å². The number of esters is 1. The van der Waals surface area contributed by atoms with Gasteiger partial charge in [0.25, 0.3) is 5.91 Å². The Morgan fingerprint density at radius 1 is 1.23 bits per heavy atom. The van der Waals surface area contributed by atoms with Crippen molar-refractivity contribution in [1.29, 1.82) is 5.26 Å². The summed E-state index contributed by atoms with van der Waals surface area (Å²) in [6.45, 7) is 3.54. The monoisotopic (exact) mass is 368 g/mol. The van der Waals surface area contributed by atoms with Gasteiger partial charge in [0.1, 0.15) is 0 Å². The summed E-state index contributed by atoms with van der Waals surface area (Å²) >= 11 is 1.57. The van der Waals surface area contributed by atoms with E-state index in [0.717, 1.165) is 4.90 Å². The minimum absolute atomic E-state index is 0.222. The minimum Gasteiger partial charge on any atom is -0.453 e. The van der Waals surface area contributed by atoms with Gasteiger partial charge in [-0.25, -0.2) is 0 Å². The molecule has 1 N–H and O–H groups in total. The number of carbonyl (C=O) groups excluding carboxylic acids is 2. The second kappa shape index (κ2) is 9.64. The molecule has 0 unspecified atom stereocenters. The Labute approximate surface area is 157 Å². The fraction of sp³-hybridized carbons (Fsp3) is 0.250. The predicted octanol–water partition coefficient (Wildman–Crippen LogP) is 3.92. The van der Waals surface area contributed by atoms with Crippen LogP contribution in [-0.4, -0.2) is 23.7 Å². The van der Waals surface area contributed by atoms with Crippen LogP contribution in [0.5, 0.6) is 0 Å². The van der Waals surface area contributed by atoms with Crippen LogP contribution in [0.4, 0.5) is 5.69 Å². The number of benzene rings is 2. The van der Waals surface area contributed by atoms with Crippen molar-refractivity contribution in [2.24, 2.45) is 0 Å². The van der Waals surface area contributed by atoms with Crippen LogP contribution in [0.25, 0.3) is 0 Å². The van der Waals surface area contributed by atoms with Crippen molar-refractivity contribution in [2.45, 2.75) is 31.3 Å². The van der Waals surface area contributed by atoms with E-state index in [9.17, 15) is 9.59 Å². The molecule has 0 heterocycles. The van der Waals surface area contributed by atoms with Crippen LogP contribution in [0.15, 0.2) is 53.4 Å². The molecule has 0 bridgehead atoms. The molecule has 1 atom stereocenters. The van der Waals surface area contributed by atoms with Crippen molar-refractivity contribution in [1.82, 2.24) is 0 Å². The molecule has 26 heavy (non-hydrogen) atoms. The second-order valence-electron chi connectivity index (χ2n) is 5.73. The minimum atomic E-state index is -0.905. The van der Waals surface area contributed by atoms with Crippen molar-refractivity contribution in [2.75, 3.05) is 11.1 Å². The molecule has 0 aliphatic heterocycles. The largest absolute Gasteiger partial charge is 0.453 e. The van der Waals surface area contributed by atoms with E-state index < -0.39 is 18.0 Å². The quantitative estimate of drug-likeness (QED) is 0.592. The molecule has 0 aliphatic rings. The highest BCUT2D eigenvalue weighted by Gasteiger charge is 2.18. The second-order valence-corrected chi connectivity index (χ2v) is 6.89. The topological polar surface area (TPSA) is 79.2 Å². The third kappa shape index (κ3) is 6.26. The number of hydrogen-bond donors (Lipinski definition) is 1. The number of ether oxygens (including phenoxy) is 1. The first kappa shape index (κ1) is 19.5. The fourth-order valence-electron chi connectivity index (χ4n) is 2.11. The number of carbonyl (C=O) groups is 2. The molecular weight excluding hydrogens is 348 g/mol. The Bertz CT molecular complexity index is 813. The van der Waals surface area contributed by atoms with Crippen molar-refractivity contribution in [3.63, 3.8) is 0 Å². The van der Waals surface area contributed by atoms with Crippen LogP contribution in [0.1, 0.15) is 24.5 Å². The predicted molar refractivity (Wildman–Crippen MR) is 102 cm³/mol. The van der Waals surface area contributed by atoms with Gasteiger partial charge in [-0.1, -0.05) is 23.8 Å². The van der Waals surface area contributed by atoms with Crippen LogP contribution in [-0.2, 0) is 14.3 Å². The number of amides is 1. The van der Waals surface area contributed by atoms with Gasteiger partial charge in [-0.05, 0) is 44.2 Å². The lowest BCUT2D eigenvalue weighted by molar-refractivity contribution is -0.152. The average molecular weight is 368 g/mol. The van der Waals surface area contributed by atoms with Crippen molar-refractivity contribution in [3.8, 4) is 6.07 Å². The molecule has 2 aromatic rings. The summed E-state index contributed by atoms with van der Waals surface area (Å²) in [4.78, 5) is 25.1. The summed E-state index contributed by atoms with van der Waals surface area (Å²) in [5.41, 5.74) is 2.13. The first-order valence-electron chi connectivity index (χ1n) is 8.18. The van der Waals surface area contributed by atoms with E-state index in [1.807, 2.05) is 37.3 Å². The van der Waals surface area contributed by atoms with E-state index in [1.54, 1.807) is 36.0 Å². The third-order valence-electron chi connectivity index (χ3n) is 3.53. The number of nitriles is 1. The third-order valence-corrected chi connectivity index (χ3v) is 4.55. The number of aryl methyl sites for hydroxylation is 1. The normalized spacial score (nSPS) is 11.3. The molecular formula is C20H20N2O3S. The van der Waals surface area contributed by atoms with Gasteiger partial charge in [-0.2, -0.15) is 5.26 Å². The van der Waals surface area contributed by atoms with Gasteiger partial charge in [0, 0.05) is 16.3 Å². The Morgan fingerprint density at radius 2 is 1.96 bits per heavy atom. The summed E-state index contributed by atoms with van der Waals surface area (Å²) in [6, 6.07) is 16.6. The van der Waals surface area contributed by atoms with Crippen molar-refractivity contribution < 1.29 is 14.3 Å². The average Bonchev–Trinajstić information content (AvgIpc) is 2.63. The van der Waals surface area contributed by atoms with Gasteiger partial charge >= 0.3 is 5.97 Å². The van der Waals surface area contributed by atoms with E-state index >= 15 is 0 Å². The van der Waals surface area contributed by atoms with Crippen LogP contribution in [0.2, 0.25) is 0 Å². The molecule has 6 heteroatoms. The lowest BCUT2D eigenvalue weighted by atomic mass is 10.2. The lowest BCUT2D eigenvalue weighted by Gasteiger charge is -2.13. The lowest BCUT2D eigenvalue weighted by Crippen LogP contribution is -2.30. The number of rotatable bonds is 7. The molecule has 0 saturated heterocycles. The van der Waals surface area contributed by atoms with Gasteiger partial charge in [0.15, 0.2) is 6.10 Å². The van der Waals surface area contributed by atoms with E-state index in [2.05, 4.69) is 5.32 Å². The van der Waals surface area contributed by atoms with Gasteiger partial charge < -0.3 is 10.1 Å². The molecule has 0 aromatic heterocycles. The highest BCUT2D eigenvalue weighted by atomic mass is 32.2. The smallest absolute Gasteiger partial charge is 0.307 e. The zero-order valence-electron chi connectivity index (χ0n) is 14.7. The molecule has 0 spiro atoms. The number of nitrogens with zero attached hydrogens (tertiary/aromatic N) is 1. The molecule has 0 radical (unpaired) electrons. The van der Waals surface area contributed by atoms with E-state index in [0.29, 0.717) is 17.0 Å². The van der Waals surface area contributed by atoms with Crippen molar-refractivity contribution in [3.05, 3.63) is 59.7 Å². The van der Waals surface area contributed by atoms with Gasteiger partial charge in [-0.3, -0.25) is 9.59 Å². The number of thioether (sulfide) groups is 1. The summed E-state index contributed by atoms with van der Waals surface area (Å²) < 4.78 is 5.17. The highest BCUT2D eigenvalue weighted by Crippen LogP contribution is 2.19. The Morgan fingerprint density at radius 3 is 2.65 bits per heavy atom. The molecule has 2 rings (SSSR count). The zero-order chi connectivity index (χ0) is 18.9. The number of hydrogen-bond acceptors (Lipinski definition) is 5. The van der Waals surface area contributed by atoms with E-state index in [4.69, 9.17) is 10.00 Å². The summed E-state index contributed by atoms with van der Waals surface area (Å²) in [7, 11) is 0. The standard InChI is InChI=1S/C20H20N2O3S/c1-14-6-8-18(9-7-14)26-11-10-19(23)25-15(2)20(24)22-17-5-3-4-16(12-17)13-21/h3-9,12,15H,10-11H2,1-2H3,(H,22,24)/t15-/m1/s1. The molecule has 134 valence electrons. The van der Waals surface area contributed by atoms with E-state index in [-0.39, 0.29) is 6.42 Å². The van der Waals surface area contributed by atoms with Crippen molar-refractivity contribution >= 4 is 29.3 Å². The summed E-state index contributed by atoms with van der Waals surface area (Å²) in [6.07, 6.45) is -0.683. The molecule has 2 aromatic carbocycles. The maximum Gasteiger partial charge on any atom is 0.307 e. The van der Waals surface area contributed by atoms with Crippen LogP contribution in [0.3, 0.4) is 0 Å². The van der Waals surface area contributed by atoms with Gasteiger partial charge in [0.05, 0.1) is 18.1 Å². The number of nitrogens with one attached hydrogen (secondary N) is 1. The maximum atomic E-state index is 12.1. The van der Waals surface area contributed by atoms with Crippen LogP contribution in [0, 0.1) is 18.3 Å². The van der Waals surface area contributed by atoms with Crippen LogP contribution < -0.4 is 5.32 Å². The molecule has 0 fully saturated rings. The first-order chi connectivity index (χ1) is 12.5. The molecule has 0 saturated carbocycles. The Balaban J connectivity index is 1.75. The zero-order valence-corrected chi connectivity index (χ0v) is 15.5. The number of anilines is 1. The SMILES string of the molecule is Cc1ccc(SCCC(=O)O[C@H](C)C(=O)Nc2cccc(C#N)c2)cc1. The fourth-order valence-corrected chi connectivity index (χ4v) is 2.94. The highest BCUT2D eigenvalue weighted by molar-refractivity contribution is 7.99. The molecule has 0 aliphatic carbocycles. The molecule has 5 nitrogen and oxygen atoms in total. The Hall–Kier alpha value is -2.78. The van der Waals surface area contributed by atoms with Gasteiger partial charge in [0.2, 0.25) is 0 Å². The van der Waals surface area contributed by atoms with Crippen LogP contribution >= 0.6 is 11.8 Å². The molecule has 1 amide bonds. The first-order valence-corrected chi connectivity index (χ1v) is 9.16. The summed E-state index contributed by atoms with van der Waals surface area (Å²) in [5, 5.41) is 11.5. The maximum absolute atomic E-state index is 12.1. The Kier molecular flexibility index (Phi) is 7.24. The van der Waals surface area contributed by atoms with Gasteiger partial charge in [-0.15, -0.1) is 11.8 Å².